The van der Waals surface area contributed by atoms with Crippen LogP contribution in [0.5, 0.6) is 0 Å². The first kappa shape index (κ1) is 69.1. The van der Waals surface area contributed by atoms with Crippen molar-refractivity contribution < 1.29 is 50.0 Å². The molecule has 9 unspecified atom stereocenters. The highest BCUT2D eigenvalue weighted by molar-refractivity contribution is 5.80. The highest BCUT2D eigenvalue weighted by Gasteiger charge is 2.44. The van der Waals surface area contributed by atoms with E-state index in [9.17, 15) is 40.5 Å². The number of nitrogens with one attached hydrogen (secondary N) is 1. The van der Waals surface area contributed by atoms with E-state index in [1.54, 1.807) is 0 Å². The molecule has 0 saturated carbocycles. The molecule has 0 spiro atoms. The lowest BCUT2D eigenvalue weighted by molar-refractivity contribution is -0.303. The Morgan fingerprint density at radius 1 is 0.431 bits per heavy atom. The van der Waals surface area contributed by atoms with Crippen molar-refractivity contribution in [2.45, 2.75) is 371 Å². The smallest absolute Gasteiger partial charge is 0.249 e. The summed E-state index contributed by atoms with van der Waals surface area (Å²) in [4.78, 5) is 13.2. The second-order valence-corrected chi connectivity index (χ2v) is 22.5. The summed E-state index contributed by atoms with van der Waals surface area (Å²) >= 11 is 0. The number of amides is 1. The largest absolute Gasteiger partial charge is 0.394 e. The van der Waals surface area contributed by atoms with Gasteiger partial charge in [-0.3, -0.25) is 4.79 Å². The van der Waals surface area contributed by atoms with Crippen LogP contribution in [0.25, 0.3) is 0 Å². The van der Waals surface area contributed by atoms with E-state index >= 15 is 0 Å². The monoisotopic (exact) mass is 1030 g/mol. The standard InChI is InChI=1S/C61H121NO10/c1-3-5-7-9-11-13-15-17-19-21-23-24-25-26-27-28-29-30-31-33-34-36-38-40-42-44-46-48-53(64)56(66)52(51-71-61-59(69)58(68)57(67)55(50-63)72-61)62-60(70)54(65)49-47-45-43-41-39-37-35-32-22-20-18-16-14-12-10-8-6-4-2/h52-59,61,63-69H,3-51H2,1-2H3,(H,62,70). The minimum absolute atomic E-state index is 0.267. The van der Waals surface area contributed by atoms with Crippen LogP contribution >= 0.6 is 0 Å². The molecule has 72 heavy (non-hydrogen) atoms. The number of hydrogen-bond acceptors (Lipinski definition) is 10. The van der Waals surface area contributed by atoms with E-state index in [0.717, 1.165) is 38.5 Å². The summed E-state index contributed by atoms with van der Waals surface area (Å²) in [6.45, 7) is 3.51. The maximum absolute atomic E-state index is 13.2. The van der Waals surface area contributed by atoms with Gasteiger partial charge in [-0.15, -0.1) is 0 Å². The molecule has 1 rings (SSSR count). The van der Waals surface area contributed by atoms with Gasteiger partial charge in [0, 0.05) is 0 Å². The molecular formula is C61H121NO10. The molecule has 430 valence electrons. The van der Waals surface area contributed by atoms with Crippen LogP contribution in [0.1, 0.15) is 316 Å². The number of carbonyl (C=O) groups excluding carboxylic acids is 1. The first-order valence-electron chi connectivity index (χ1n) is 31.4. The first-order chi connectivity index (χ1) is 35.2. The zero-order valence-corrected chi connectivity index (χ0v) is 47.2. The fraction of sp³-hybridized carbons (Fsp3) is 0.984. The van der Waals surface area contributed by atoms with Gasteiger partial charge < -0.3 is 50.5 Å². The van der Waals surface area contributed by atoms with Gasteiger partial charge in [-0.05, 0) is 12.8 Å². The zero-order valence-electron chi connectivity index (χ0n) is 47.2. The number of unbranched alkanes of at least 4 members (excludes halogenated alkanes) is 43. The van der Waals surface area contributed by atoms with Crippen molar-refractivity contribution in [1.29, 1.82) is 0 Å². The zero-order chi connectivity index (χ0) is 52.5. The SMILES string of the molecule is CCCCCCCCCCCCCCCCCCCCCCCCCCCCCC(O)C(O)C(COC1OC(CO)C(O)C(O)C1O)NC(=O)C(O)CCCCCCCCCCCCCCCCCCCC. The van der Waals surface area contributed by atoms with Gasteiger partial charge in [0.25, 0.3) is 0 Å². The van der Waals surface area contributed by atoms with Gasteiger partial charge in [0.15, 0.2) is 6.29 Å². The molecule has 0 aromatic heterocycles. The lowest BCUT2D eigenvalue weighted by Gasteiger charge is -2.40. The molecule has 1 amide bonds. The van der Waals surface area contributed by atoms with E-state index in [0.29, 0.717) is 19.3 Å². The Morgan fingerprint density at radius 2 is 0.722 bits per heavy atom. The maximum atomic E-state index is 13.2. The van der Waals surface area contributed by atoms with E-state index in [1.807, 2.05) is 0 Å². The number of aliphatic hydroxyl groups excluding tert-OH is 7. The predicted molar refractivity (Wildman–Crippen MR) is 298 cm³/mol. The summed E-state index contributed by atoms with van der Waals surface area (Å²) in [7, 11) is 0. The van der Waals surface area contributed by atoms with Gasteiger partial charge in [-0.1, -0.05) is 303 Å². The summed E-state index contributed by atoms with van der Waals surface area (Å²) in [5, 5.41) is 76.3. The number of hydrogen-bond donors (Lipinski definition) is 8. The summed E-state index contributed by atoms with van der Waals surface area (Å²) in [5.41, 5.74) is 0. The van der Waals surface area contributed by atoms with E-state index in [-0.39, 0.29) is 6.42 Å². The van der Waals surface area contributed by atoms with Crippen molar-refractivity contribution in [1.82, 2.24) is 5.32 Å². The van der Waals surface area contributed by atoms with Crippen molar-refractivity contribution >= 4 is 5.91 Å². The quantitative estimate of drug-likeness (QED) is 0.0272. The summed E-state index contributed by atoms with van der Waals surface area (Å²) < 4.78 is 11.2. The van der Waals surface area contributed by atoms with Crippen LogP contribution in [0.4, 0.5) is 0 Å². The second-order valence-electron chi connectivity index (χ2n) is 22.5. The molecule has 1 heterocycles. The fourth-order valence-electron chi connectivity index (χ4n) is 10.6. The molecule has 1 aliphatic rings. The van der Waals surface area contributed by atoms with Crippen LogP contribution in [0, 0.1) is 0 Å². The van der Waals surface area contributed by atoms with Gasteiger partial charge in [-0.25, -0.2) is 0 Å². The van der Waals surface area contributed by atoms with Crippen molar-refractivity contribution in [3.63, 3.8) is 0 Å². The number of aliphatic hydroxyl groups is 7. The molecule has 1 aliphatic heterocycles. The summed E-state index contributed by atoms with van der Waals surface area (Å²) in [6, 6.07) is -1.16. The van der Waals surface area contributed by atoms with Crippen molar-refractivity contribution in [3.05, 3.63) is 0 Å². The Hall–Kier alpha value is -0.890. The van der Waals surface area contributed by atoms with Crippen LogP contribution < -0.4 is 5.32 Å². The number of ether oxygens (including phenoxy) is 2. The van der Waals surface area contributed by atoms with Crippen molar-refractivity contribution in [2.24, 2.45) is 0 Å². The molecule has 0 aromatic carbocycles. The van der Waals surface area contributed by atoms with Crippen molar-refractivity contribution in [2.75, 3.05) is 13.2 Å². The number of carbonyl (C=O) groups is 1. The third-order valence-corrected chi connectivity index (χ3v) is 15.7. The Morgan fingerprint density at radius 3 is 1.03 bits per heavy atom. The molecule has 1 saturated heterocycles. The van der Waals surface area contributed by atoms with E-state index in [1.165, 1.54) is 238 Å². The van der Waals surface area contributed by atoms with Crippen LogP contribution in [-0.4, -0.2) is 110 Å². The normalized spacial score (nSPS) is 19.9. The Bertz CT molecular complexity index is 1130. The molecule has 8 N–H and O–H groups in total. The average molecular weight is 1030 g/mol. The molecule has 0 aliphatic carbocycles. The van der Waals surface area contributed by atoms with Gasteiger partial charge in [0.05, 0.1) is 25.4 Å². The first-order valence-corrected chi connectivity index (χ1v) is 31.4. The minimum atomic E-state index is -1.66. The lowest BCUT2D eigenvalue weighted by atomic mass is 9.98. The van der Waals surface area contributed by atoms with E-state index in [2.05, 4.69) is 19.2 Å². The average Bonchev–Trinajstić information content (AvgIpc) is 3.38. The number of rotatable bonds is 55. The van der Waals surface area contributed by atoms with Crippen LogP contribution in [0.3, 0.4) is 0 Å². The van der Waals surface area contributed by atoms with Crippen LogP contribution in [0.15, 0.2) is 0 Å². The van der Waals surface area contributed by atoms with Crippen LogP contribution in [0.2, 0.25) is 0 Å². The van der Waals surface area contributed by atoms with E-state index in [4.69, 9.17) is 9.47 Å². The second kappa shape index (κ2) is 50.9. The molecule has 1 fully saturated rings. The Balaban J connectivity index is 2.24. The molecular weight excluding hydrogens is 907 g/mol. The Labute approximate surface area is 443 Å². The summed E-state index contributed by atoms with van der Waals surface area (Å²) in [5.74, 6) is -0.689. The highest BCUT2D eigenvalue weighted by Crippen LogP contribution is 2.24. The summed E-state index contributed by atoms with van der Waals surface area (Å²) in [6.07, 6.45) is 47.3. The molecule has 11 heteroatoms. The van der Waals surface area contributed by atoms with E-state index < -0.39 is 74.2 Å². The van der Waals surface area contributed by atoms with Crippen molar-refractivity contribution in [3.8, 4) is 0 Å². The van der Waals surface area contributed by atoms with Crippen LogP contribution in [-0.2, 0) is 14.3 Å². The maximum Gasteiger partial charge on any atom is 0.249 e. The van der Waals surface area contributed by atoms with Gasteiger partial charge in [-0.2, -0.15) is 0 Å². The third kappa shape index (κ3) is 38.6. The molecule has 0 aromatic rings. The van der Waals surface area contributed by atoms with Gasteiger partial charge >= 0.3 is 0 Å². The molecule has 0 bridgehead atoms. The predicted octanol–water partition coefficient (Wildman–Crippen LogP) is 13.7. The third-order valence-electron chi connectivity index (χ3n) is 15.7. The van der Waals surface area contributed by atoms with Gasteiger partial charge in [0.2, 0.25) is 5.91 Å². The lowest BCUT2D eigenvalue weighted by Crippen LogP contribution is -2.60. The molecule has 0 radical (unpaired) electrons. The fourth-order valence-corrected chi connectivity index (χ4v) is 10.6. The molecule has 9 atom stereocenters. The Kier molecular flexibility index (Phi) is 48.9. The topological polar surface area (TPSA) is 189 Å². The van der Waals surface area contributed by atoms with Gasteiger partial charge in [0.1, 0.15) is 36.6 Å². The minimum Gasteiger partial charge on any atom is -0.394 e. The molecule has 11 nitrogen and oxygen atoms in total. The highest BCUT2D eigenvalue weighted by atomic mass is 16.7.